The first-order valence-electron chi connectivity index (χ1n) is 10.6. The third kappa shape index (κ3) is 2.27. The summed E-state index contributed by atoms with van der Waals surface area (Å²) in [7, 11) is 2.28. The van der Waals surface area contributed by atoms with Gasteiger partial charge in [-0.25, -0.2) is 0 Å². The minimum Gasteiger partial charge on any atom is -0.343 e. The third-order valence-electron chi connectivity index (χ3n) is 7.20. The van der Waals surface area contributed by atoms with Crippen LogP contribution in [0, 0.1) is 6.92 Å². The van der Waals surface area contributed by atoms with Crippen molar-refractivity contribution in [3.8, 4) is 0 Å². The van der Waals surface area contributed by atoms with E-state index < -0.39 is 0 Å². The molecule has 6 rings (SSSR count). The largest absolute Gasteiger partial charge is 0.343 e. The quantitative estimate of drug-likeness (QED) is 0.448. The van der Waals surface area contributed by atoms with Gasteiger partial charge >= 0.3 is 0 Å². The second kappa shape index (κ2) is 6.08. The van der Waals surface area contributed by atoms with Crippen molar-refractivity contribution >= 4 is 10.9 Å². The summed E-state index contributed by atoms with van der Waals surface area (Å²) >= 11 is 0. The SMILES string of the molecule is Cc1ccc2c(c1)c1c3n2CC(c2ccccc2)(c2ccccc2)C3CN(C)C1. The molecule has 2 aliphatic heterocycles. The summed E-state index contributed by atoms with van der Waals surface area (Å²) in [5.41, 5.74) is 8.69. The average Bonchev–Trinajstić information content (AvgIpc) is 3.25. The Bertz CT molecular complexity index is 1160. The van der Waals surface area contributed by atoms with Crippen LogP contribution in [0.3, 0.4) is 0 Å². The van der Waals surface area contributed by atoms with Crippen LogP contribution in [-0.4, -0.2) is 23.1 Å². The monoisotopic (exact) mass is 378 g/mol. The zero-order chi connectivity index (χ0) is 19.6. The van der Waals surface area contributed by atoms with Crippen LogP contribution in [0.2, 0.25) is 0 Å². The molecule has 1 aromatic heterocycles. The highest BCUT2D eigenvalue weighted by atomic mass is 15.2. The lowest BCUT2D eigenvalue weighted by Gasteiger charge is -2.41. The number of likely N-dealkylation sites (N-methyl/N-ethyl adjacent to an activating group) is 1. The van der Waals surface area contributed by atoms with E-state index in [1.807, 2.05) is 0 Å². The van der Waals surface area contributed by atoms with Crippen molar-refractivity contribution < 1.29 is 0 Å². The smallest absolute Gasteiger partial charge is 0.0486 e. The van der Waals surface area contributed by atoms with Gasteiger partial charge < -0.3 is 9.47 Å². The first-order valence-corrected chi connectivity index (χ1v) is 10.6. The van der Waals surface area contributed by atoms with E-state index >= 15 is 0 Å². The van der Waals surface area contributed by atoms with Crippen LogP contribution < -0.4 is 0 Å². The molecule has 1 unspecified atom stereocenters. The molecule has 0 aliphatic carbocycles. The molecule has 2 heteroatoms. The Morgan fingerprint density at radius 1 is 0.862 bits per heavy atom. The van der Waals surface area contributed by atoms with Gasteiger partial charge in [0.05, 0.1) is 0 Å². The van der Waals surface area contributed by atoms with Crippen molar-refractivity contribution in [2.75, 3.05) is 13.6 Å². The summed E-state index contributed by atoms with van der Waals surface area (Å²) in [6, 6.07) is 29.4. The number of rotatable bonds is 2. The minimum atomic E-state index is -0.0274. The molecular formula is C27H26N2. The molecule has 0 saturated carbocycles. The van der Waals surface area contributed by atoms with Gasteiger partial charge in [-0.2, -0.15) is 0 Å². The zero-order valence-electron chi connectivity index (χ0n) is 17.1. The molecule has 0 amide bonds. The molecule has 144 valence electrons. The first kappa shape index (κ1) is 17.1. The van der Waals surface area contributed by atoms with Gasteiger partial charge in [0, 0.05) is 47.6 Å². The highest BCUT2D eigenvalue weighted by molar-refractivity contribution is 5.88. The molecule has 3 aromatic carbocycles. The second-order valence-corrected chi connectivity index (χ2v) is 8.92. The molecule has 4 aromatic rings. The standard InChI is InChI=1S/C27H26N2/c1-19-13-14-25-22(15-19)23-16-28(2)17-24-26(23)29(25)18-27(24,20-9-5-3-6-10-20)21-11-7-4-8-12-21/h3-15,24H,16-18H2,1-2H3. The van der Waals surface area contributed by atoms with Gasteiger partial charge in [0.25, 0.3) is 0 Å². The van der Waals surface area contributed by atoms with Crippen LogP contribution in [0.4, 0.5) is 0 Å². The Balaban J connectivity index is 1.68. The van der Waals surface area contributed by atoms with E-state index in [4.69, 9.17) is 0 Å². The predicted molar refractivity (Wildman–Crippen MR) is 119 cm³/mol. The highest BCUT2D eigenvalue weighted by Crippen LogP contribution is 2.55. The molecule has 0 fully saturated rings. The van der Waals surface area contributed by atoms with Crippen LogP contribution in [0.5, 0.6) is 0 Å². The number of hydrogen-bond acceptors (Lipinski definition) is 1. The lowest BCUT2D eigenvalue weighted by atomic mass is 9.65. The van der Waals surface area contributed by atoms with E-state index in [0.717, 1.165) is 19.6 Å². The average molecular weight is 379 g/mol. The van der Waals surface area contributed by atoms with Crippen molar-refractivity contribution in [2.24, 2.45) is 0 Å². The van der Waals surface area contributed by atoms with Gasteiger partial charge in [-0.15, -0.1) is 0 Å². The maximum atomic E-state index is 2.64. The minimum absolute atomic E-state index is 0.0274. The Morgan fingerprint density at radius 2 is 1.52 bits per heavy atom. The fourth-order valence-corrected chi connectivity index (χ4v) is 6.00. The fourth-order valence-electron chi connectivity index (χ4n) is 6.00. The topological polar surface area (TPSA) is 8.17 Å². The molecule has 3 heterocycles. The van der Waals surface area contributed by atoms with Crippen LogP contribution in [0.15, 0.2) is 78.9 Å². The molecule has 0 saturated heterocycles. The number of benzene rings is 3. The summed E-state index contributed by atoms with van der Waals surface area (Å²) in [5.74, 6) is 0.453. The Kier molecular flexibility index (Phi) is 3.57. The van der Waals surface area contributed by atoms with Crippen LogP contribution in [0.1, 0.15) is 33.9 Å². The summed E-state index contributed by atoms with van der Waals surface area (Å²) in [5, 5.41) is 1.45. The van der Waals surface area contributed by atoms with Crippen LogP contribution in [0.25, 0.3) is 10.9 Å². The lowest BCUT2D eigenvalue weighted by molar-refractivity contribution is 0.248. The number of hydrogen-bond donors (Lipinski definition) is 0. The summed E-state index contributed by atoms with van der Waals surface area (Å²) in [4.78, 5) is 2.52. The normalized spacial score (nSPS) is 20.1. The summed E-state index contributed by atoms with van der Waals surface area (Å²) < 4.78 is 2.64. The second-order valence-electron chi connectivity index (χ2n) is 8.92. The third-order valence-corrected chi connectivity index (χ3v) is 7.20. The maximum Gasteiger partial charge on any atom is 0.0486 e. The van der Waals surface area contributed by atoms with Crippen molar-refractivity contribution in [2.45, 2.75) is 31.3 Å². The molecule has 0 spiro atoms. The molecule has 2 nitrogen and oxygen atoms in total. The Labute approximate surface area is 172 Å². The van der Waals surface area contributed by atoms with Crippen LogP contribution in [-0.2, 0) is 18.5 Å². The van der Waals surface area contributed by atoms with Gasteiger partial charge in [-0.05, 0) is 42.8 Å². The lowest BCUT2D eigenvalue weighted by Crippen LogP contribution is -2.41. The highest BCUT2D eigenvalue weighted by Gasteiger charge is 2.52. The number of fused-ring (bicyclic) bond motifs is 3. The van der Waals surface area contributed by atoms with Crippen LogP contribution >= 0.6 is 0 Å². The summed E-state index contributed by atoms with van der Waals surface area (Å²) in [6.45, 7) is 5.34. The number of nitrogens with zero attached hydrogens (tertiary/aromatic N) is 2. The van der Waals surface area contributed by atoms with E-state index in [9.17, 15) is 0 Å². The Hall–Kier alpha value is -2.84. The molecule has 0 radical (unpaired) electrons. The Morgan fingerprint density at radius 3 is 2.17 bits per heavy atom. The molecular weight excluding hydrogens is 352 g/mol. The molecule has 1 atom stereocenters. The molecule has 0 bridgehead atoms. The van der Waals surface area contributed by atoms with E-state index in [0.29, 0.717) is 5.92 Å². The van der Waals surface area contributed by atoms with E-state index in [1.54, 1.807) is 5.69 Å². The fraction of sp³-hybridized carbons (Fsp3) is 0.259. The van der Waals surface area contributed by atoms with E-state index in [1.165, 1.54) is 33.2 Å². The predicted octanol–water partition coefficient (Wildman–Crippen LogP) is 5.48. The number of aryl methyl sites for hydroxylation is 1. The van der Waals surface area contributed by atoms with Gasteiger partial charge in [0.2, 0.25) is 0 Å². The maximum absolute atomic E-state index is 2.64. The van der Waals surface area contributed by atoms with Gasteiger partial charge in [-0.3, -0.25) is 0 Å². The molecule has 0 N–H and O–H groups in total. The van der Waals surface area contributed by atoms with E-state index in [2.05, 4.69) is 102 Å². The number of aromatic nitrogens is 1. The van der Waals surface area contributed by atoms with Gasteiger partial charge in [0.15, 0.2) is 0 Å². The van der Waals surface area contributed by atoms with Crippen molar-refractivity contribution in [1.82, 2.24) is 9.47 Å². The first-order chi connectivity index (χ1) is 14.2. The summed E-state index contributed by atoms with van der Waals surface area (Å²) in [6.07, 6.45) is 0. The van der Waals surface area contributed by atoms with Crippen molar-refractivity contribution in [1.29, 1.82) is 0 Å². The van der Waals surface area contributed by atoms with Gasteiger partial charge in [0.1, 0.15) is 0 Å². The molecule has 29 heavy (non-hydrogen) atoms. The van der Waals surface area contributed by atoms with Crippen molar-refractivity contribution in [3.63, 3.8) is 0 Å². The molecule has 2 aliphatic rings. The van der Waals surface area contributed by atoms with Crippen molar-refractivity contribution in [3.05, 3.63) is 107 Å². The van der Waals surface area contributed by atoms with Gasteiger partial charge in [-0.1, -0.05) is 72.3 Å². The zero-order valence-corrected chi connectivity index (χ0v) is 17.1. The van der Waals surface area contributed by atoms with E-state index in [-0.39, 0.29) is 5.41 Å².